The van der Waals surface area contributed by atoms with Crippen molar-refractivity contribution in [2.24, 2.45) is 0 Å². The van der Waals surface area contributed by atoms with Crippen LogP contribution in [0.5, 0.6) is 11.5 Å². The molecule has 152 valence electrons. The van der Waals surface area contributed by atoms with Crippen LogP contribution in [0.25, 0.3) is 0 Å². The first kappa shape index (κ1) is 21.8. The second kappa shape index (κ2) is 10.2. The number of carbonyl (C=O) groups is 1. The highest BCUT2D eigenvalue weighted by atomic mass is 35.5. The van der Waals surface area contributed by atoms with Gasteiger partial charge in [0, 0.05) is 28.0 Å². The fourth-order valence-corrected chi connectivity index (χ4v) is 4.54. The van der Waals surface area contributed by atoms with Gasteiger partial charge in [0.05, 0.1) is 30.5 Å². The number of carbonyl (C=O) groups excluding carboxylic acids is 1. The van der Waals surface area contributed by atoms with Gasteiger partial charge in [-0.1, -0.05) is 23.2 Å². The number of hydrogen-bond donors (Lipinski definition) is 1. The first-order chi connectivity index (χ1) is 14.0. The molecule has 0 aliphatic rings. The average molecular weight is 469 g/mol. The van der Waals surface area contributed by atoms with Crippen LogP contribution in [0.4, 0.5) is 5.13 Å². The summed E-state index contributed by atoms with van der Waals surface area (Å²) >= 11 is 15.1. The number of amides is 1. The molecule has 0 fully saturated rings. The number of hydrogen-bond acceptors (Lipinski definition) is 6. The summed E-state index contributed by atoms with van der Waals surface area (Å²) in [6.07, 6.45) is 0. The topological polar surface area (TPSA) is 60.5 Å². The molecule has 3 aromatic rings. The molecule has 5 nitrogen and oxygen atoms in total. The molecule has 0 saturated heterocycles. The molecule has 1 aromatic heterocycles. The van der Waals surface area contributed by atoms with Crippen molar-refractivity contribution < 1.29 is 14.3 Å². The summed E-state index contributed by atoms with van der Waals surface area (Å²) in [5.41, 5.74) is 2.31. The predicted octanol–water partition coefficient (Wildman–Crippen LogP) is 6.15. The molecule has 1 N–H and O–H groups in total. The SMILES string of the molecule is COc1cc(CSCc2csc(NC(=O)c3cc(Cl)ccc3Cl)n2)cc(OC)c1. The number of halogens is 2. The quantitative estimate of drug-likeness (QED) is 0.429. The van der Waals surface area contributed by atoms with E-state index in [1.165, 1.54) is 17.4 Å². The third kappa shape index (κ3) is 6.02. The average Bonchev–Trinajstić information content (AvgIpc) is 3.16. The number of nitrogens with zero attached hydrogens (tertiary/aromatic N) is 1. The zero-order valence-electron chi connectivity index (χ0n) is 15.7. The lowest BCUT2D eigenvalue weighted by atomic mass is 10.2. The third-order valence-electron chi connectivity index (χ3n) is 3.88. The van der Waals surface area contributed by atoms with Crippen molar-refractivity contribution in [3.63, 3.8) is 0 Å². The van der Waals surface area contributed by atoms with E-state index in [0.717, 1.165) is 28.5 Å². The maximum Gasteiger partial charge on any atom is 0.259 e. The summed E-state index contributed by atoms with van der Waals surface area (Å²) in [7, 11) is 3.26. The first-order valence-corrected chi connectivity index (χ1v) is 11.3. The highest BCUT2D eigenvalue weighted by molar-refractivity contribution is 7.97. The number of thiazole rings is 1. The Labute approximate surface area is 187 Å². The van der Waals surface area contributed by atoms with Gasteiger partial charge in [-0.2, -0.15) is 11.8 Å². The lowest BCUT2D eigenvalue weighted by Crippen LogP contribution is -2.12. The van der Waals surface area contributed by atoms with Gasteiger partial charge in [-0.15, -0.1) is 11.3 Å². The summed E-state index contributed by atoms with van der Waals surface area (Å²) in [6.45, 7) is 0. The number of nitrogens with one attached hydrogen (secondary N) is 1. The number of rotatable bonds is 8. The van der Waals surface area contributed by atoms with Gasteiger partial charge in [0.2, 0.25) is 0 Å². The molecule has 0 unspecified atom stereocenters. The van der Waals surface area contributed by atoms with Crippen molar-refractivity contribution in [3.8, 4) is 11.5 Å². The van der Waals surface area contributed by atoms with Crippen LogP contribution < -0.4 is 14.8 Å². The minimum absolute atomic E-state index is 0.317. The van der Waals surface area contributed by atoms with Gasteiger partial charge in [0.1, 0.15) is 11.5 Å². The Morgan fingerprint density at radius 3 is 2.52 bits per heavy atom. The molecule has 2 aromatic carbocycles. The van der Waals surface area contributed by atoms with Crippen molar-refractivity contribution >= 4 is 57.3 Å². The van der Waals surface area contributed by atoms with E-state index in [2.05, 4.69) is 10.3 Å². The maximum atomic E-state index is 12.4. The Kier molecular flexibility index (Phi) is 7.66. The molecule has 0 aliphatic heterocycles. The van der Waals surface area contributed by atoms with Crippen molar-refractivity contribution in [2.75, 3.05) is 19.5 Å². The van der Waals surface area contributed by atoms with E-state index >= 15 is 0 Å². The Bertz CT molecular complexity index is 989. The van der Waals surface area contributed by atoms with E-state index in [-0.39, 0.29) is 5.91 Å². The molecule has 0 bridgehead atoms. The molecule has 0 saturated carbocycles. The van der Waals surface area contributed by atoms with Crippen LogP contribution in [0.2, 0.25) is 10.0 Å². The normalized spacial score (nSPS) is 10.6. The van der Waals surface area contributed by atoms with Crippen molar-refractivity contribution in [1.82, 2.24) is 4.98 Å². The maximum absolute atomic E-state index is 12.4. The highest BCUT2D eigenvalue weighted by Gasteiger charge is 2.13. The van der Waals surface area contributed by atoms with Gasteiger partial charge in [-0.25, -0.2) is 4.98 Å². The molecule has 0 aliphatic carbocycles. The Morgan fingerprint density at radius 1 is 1.10 bits per heavy atom. The standard InChI is InChI=1S/C20H18Cl2N2O3S2/c1-26-15-5-12(6-16(8-15)27-2)9-28-10-14-11-29-20(23-14)24-19(25)17-7-13(21)3-4-18(17)22/h3-8,11H,9-10H2,1-2H3,(H,23,24,25). The Morgan fingerprint density at radius 2 is 1.83 bits per heavy atom. The zero-order valence-corrected chi connectivity index (χ0v) is 18.8. The number of ether oxygens (including phenoxy) is 2. The molecule has 9 heteroatoms. The lowest BCUT2D eigenvalue weighted by molar-refractivity contribution is 0.102. The van der Waals surface area contributed by atoms with Gasteiger partial charge >= 0.3 is 0 Å². The number of aromatic nitrogens is 1. The summed E-state index contributed by atoms with van der Waals surface area (Å²) < 4.78 is 10.6. The van der Waals surface area contributed by atoms with E-state index in [1.54, 1.807) is 38.1 Å². The summed E-state index contributed by atoms with van der Waals surface area (Å²) in [6, 6.07) is 10.6. The van der Waals surface area contributed by atoms with Crippen molar-refractivity contribution in [3.05, 3.63) is 68.6 Å². The van der Waals surface area contributed by atoms with Gasteiger partial charge < -0.3 is 9.47 Å². The van der Waals surface area contributed by atoms with E-state index in [1.807, 2.05) is 23.6 Å². The van der Waals surface area contributed by atoms with E-state index < -0.39 is 0 Å². The summed E-state index contributed by atoms with van der Waals surface area (Å²) in [4.78, 5) is 16.9. The molecule has 0 radical (unpaired) electrons. The van der Waals surface area contributed by atoms with E-state index in [0.29, 0.717) is 26.5 Å². The van der Waals surface area contributed by atoms with Crippen LogP contribution in [-0.2, 0) is 11.5 Å². The predicted molar refractivity (Wildman–Crippen MR) is 121 cm³/mol. The largest absolute Gasteiger partial charge is 0.497 e. The third-order valence-corrected chi connectivity index (χ3v) is 6.28. The lowest BCUT2D eigenvalue weighted by Gasteiger charge is -2.08. The van der Waals surface area contributed by atoms with Crippen LogP contribution >= 0.6 is 46.3 Å². The molecule has 1 amide bonds. The molecular formula is C20H18Cl2N2O3S2. The minimum atomic E-state index is -0.338. The van der Waals surface area contributed by atoms with Gasteiger partial charge in [0.15, 0.2) is 5.13 Å². The molecule has 29 heavy (non-hydrogen) atoms. The fraction of sp³-hybridized carbons (Fsp3) is 0.200. The second-order valence-electron chi connectivity index (χ2n) is 5.94. The van der Waals surface area contributed by atoms with Gasteiger partial charge in [0.25, 0.3) is 5.91 Å². The van der Waals surface area contributed by atoms with Gasteiger partial charge in [-0.3, -0.25) is 10.1 Å². The van der Waals surface area contributed by atoms with E-state index in [4.69, 9.17) is 32.7 Å². The van der Waals surface area contributed by atoms with Crippen LogP contribution in [0, 0.1) is 0 Å². The zero-order chi connectivity index (χ0) is 20.8. The monoisotopic (exact) mass is 468 g/mol. The van der Waals surface area contributed by atoms with Crippen LogP contribution in [0.1, 0.15) is 21.6 Å². The number of methoxy groups -OCH3 is 2. The fourth-order valence-electron chi connectivity index (χ4n) is 2.49. The number of benzene rings is 2. The van der Waals surface area contributed by atoms with Crippen molar-refractivity contribution in [2.45, 2.75) is 11.5 Å². The summed E-state index contributed by atoms with van der Waals surface area (Å²) in [5, 5.41) is 6.00. The molecule has 3 rings (SSSR count). The Balaban J connectivity index is 1.57. The first-order valence-electron chi connectivity index (χ1n) is 8.49. The highest BCUT2D eigenvalue weighted by Crippen LogP contribution is 2.28. The molecular weight excluding hydrogens is 451 g/mol. The summed E-state index contributed by atoms with van der Waals surface area (Å²) in [5.74, 6) is 2.68. The molecule has 0 spiro atoms. The van der Waals surface area contributed by atoms with Gasteiger partial charge in [-0.05, 0) is 35.9 Å². The Hall–Kier alpha value is -1.93. The van der Waals surface area contributed by atoms with Crippen LogP contribution in [0.3, 0.4) is 0 Å². The van der Waals surface area contributed by atoms with Crippen LogP contribution in [-0.4, -0.2) is 25.1 Å². The minimum Gasteiger partial charge on any atom is -0.497 e. The molecule has 1 heterocycles. The smallest absolute Gasteiger partial charge is 0.259 e. The second-order valence-corrected chi connectivity index (χ2v) is 8.62. The van der Waals surface area contributed by atoms with Crippen LogP contribution in [0.15, 0.2) is 41.8 Å². The number of thioether (sulfide) groups is 1. The van der Waals surface area contributed by atoms with Crippen molar-refractivity contribution in [1.29, 1.82) is 0 Å². The van der Waals surface area contributed by atoms with E-state index in [9.17, 15) is 4.79 Å². The molecule has 0 atom stereocenters. The number of anilines is 1.